The highest BCUT2D eigenvalue weighted by molar-refractivity contribution is 6.95. The van der Waals surface area contributed by atoms with Crippen molar-refractivity contribution in [3.63, 3.8) is 0 Å². The molecule has 4 unspecified atom stereocenters. The molecule has 1 aromatic heterocycles. The van der Waals surface area contributed by atoms with E-state index in [1.54, 1.807) is 0 Å². The summed E-state index contributed by atoms with van der Waals surface area (Å²) in [5.41, 5.74) is 28.3. The molecule has 0 radical (unpaired) electrons. The van der Waals surface area contributed by atoms with Crippen LogP contribution in [0, 0.1) is 0 Å². The van der Waals surface area contributed by atoms with Gasteiger partial charge >= 0.3 is 0 Å². The molecule has 0 amide bonds. The van der Waals surface area contributed by atoms with Crippen LogP contribution in [0.15, 0.2) is 174 Å². The summed E-state index contributed by atoms with van der Waals surface area (Å²) in [6.45, 7) is 40.2. The fraction of sp³-hybridized carbons (Fsp3) is 0.366. The number of fused-ring (bicyclic) bond motifs is 13. The zero-order valence-electron chi connectivity index (χ0n) is 55.3. The van der Waals surface area contributed by atoms with Gasteiger partial charge in [-0.05, 0) is 169 Å². The van der Waals surface area contributed by atoms with Crippen molar-refractivity contribution in [3.8, 4) is 22.3 Å². The maximum absolute atomic E-state index is 7.81. The van der Waals surface area contributed by atoms with E-state index >= 15 is 0 Å². The van der Waals surface area contributed by atoms with Crippen molar-refractivity contribution in [2.24, 2.45) is 0 Å². The van der Waals surface area contributed by atoms with Crippen LogP contribution in [0.1, 0.15) is 194 Å². The van der Waals surface area contributed by atoms with Gasteiger partial charge in [0.25, 0.3) is 6.71 Å². The topological polar surface area (TPSA) is 35.4 Å². The van der Waals surface area contributed by atoms with Gasteiger partial charge in [-0.3, -0.25) is 0 Å². The zero-order chi connectivity index (χ0) is 61.7. The van der Waals surface area contributed by atoms with E-state index in [-0.39, 0.29) is 56.9 Å². The van der Waals surface area contributed by atoms with Gasteiger partial charge in [0.2, 0.25) is 0 Å². The van der Waals surface area contributed by atoms with Crippen LogP contribution in [-0.4, -0.2) is 18.4 Å². The van der Waals surface area contributed by atoms with Gasteiger partial charge in [0, 0.05) is 55.9 Å². The monoisotopic (exact) mass is 1160 g/mol. The third kappa shape index (κ3) is 8.49. The maximum Gasteiger partial charge on any atom is 0.295 e. The number of rotatable bonds is 5. The van der Waals surface area contributed by atoms with Crippen LogP contribution in [-0.2, 0) is 37.2 Å². The Morgan fingerprint density at radius 2 is 0.932 bits per heavy atom. The molecular weight excluding hydrogens is 1070 g/mol. The fourth-order valence-electron chi connectivity index (χ4n) is 16.2. The molecule has 5 heterocycles. The Hall–Kier alpha value is -7.54. The first-order valence-corrected chi connectivity index (χ1v) is 32.8. The van der Waals surface area contributed by atoms with E-state index in [4.69, 9.17) is 9.15 Å². The van der Waals surface area contributed by atoms with E-state index in [2.05, 4.69) is 296 Å². The largest absolute Gasteiger partial charge is 0.468 e. The van der Waals surface area contributed by atoms with Gasteiger partial charge in [-0.25, -0.2) is 0 Å². The highest BCUT2D eigenvalue weighted by atomic mass is 16.6. The van der Waals surface area contributed by atoms with Gasteiger partial charge in [-0.15, -0.1) is 0 Å². The van der Waals surface area contributed by atoms with Gasteiger partial charge in [0.15, 0.2) is 0 Å². The number of hydrogen-bond donors (Lipinski definition) is 0. The SMILES string of the molecule is CC(C)(C)c1ccc2c(c1)C1=C(B3c4oc5ccc(C(C)(C)C)cc5c4N(c4ccc(C(C)(C)C)cc4-c4ccccc4)c4cc(N5c6ccc(C(C)(C)C)cc6C6(C)CCCCC56C)cc(c43)N1c1ccc(C(C)(C)C)cc1-c1ccccc1)C1OC21. The molecule has 15 rings (SSSR count). The van der Waals surface area contributed by atoms with Crippen LogP contribution in [0.5, 0.6) is 0 Å². The highest BCUT2D eigenvalue weighted by Gasteiger charge is 2.61. The van der Waals surface area contributed by atoms with E-state index in [9.17, 15) is 0 Å². The summed E-state index contributed by atoms with van der Waals surface area (Å²) < 4.78 is 15.1. The molecule has 446 valence electrons. The van der Waals surface area contributed by atoms with Gasteiger partial charge in [0.05, 0.1) is 28.3 Å². The van der Waals surface area contributed by atoms with Crippen LogP contribution in [0.25, 0.3) is 38.9 Å². The molecule has 0 spiro atoms. The zero-order valence-corrected chi connectivity index (χ0v) is 55.3. The predicted molar refractivity (Wildman–Crippen MR) is 373 cm³/mol. The first-order chi connectivity index (χ1) is 41.5. The number of anilines is 7. The Morgan fingerprint density at radius 3 is 1.50 bits per heavy atom. The molecular formula is C82H88BN3O2. The van der Waals surface area contributed by atoms with Gasteiger partial charge in [-0.2, -0.15) is 0 Å². The van der Waals surface area contributed by atoms with Crippen LogP contribution >= 0.6 is 0 Å². The van der Waals surface area contributed by atoms with E-state index in [1.165, 1.54) is 119 Å². The minimum absolute atomic E-state index is 0.00926. The molecule has 0 N–H and O–H groups in total. The maximum atomic E-state index is 7.81. The molecule has 6 aliphatic rings. The lowest BCUT2D eigenvalue weighted by molar-refractivity contribution is 0.195. The third-order valence-corrected chi connectivity index (χ3v) is 21.6. The Kier molecular flexibility index (Phi) is 12.3. The Labute approximate surface area is 524 Å². The molecule has 9 aromatic rings. The van der Waals surface area contributed by atoms with Crippen molar-refractivity contribution in [2.75, 3.05) is 14.7 Å². The lowest BCUT2D eigenvalue weighted by Crippen LogP contribution is -2.57. The van der Waals surface area contributed by atoms with Crippen molar-refractivity contribution < 1.29 is 9.15 Å². The van der Waals surface area contributed by atoms with E-state index in [1.807, 2.05) is 0 Å². The number of epoxide rings is 1. The average Bonchev–Trinajstić information content (AvgIpc) is 1.36. The molecule has 88 heavy (non-hydrogen) atoms. The third-order valence-electron chi connectivity index (χ3n) is 21.6. The molecule has 4 aliphatic heterocycles. The molecule has 6 heteroatoms. The summed E-state index contributed by atoms with van der Waals surface area (Å²) in [5.74, 6) is 0. The van der Waals surface area contributed by atoms with E-state index in [0.717, 1.165) is 46.5 Å². The average molecular weight is 1160 g/mol. The Balaban J connectivity index is 1.15. The van der Waals surface area contributed by atoms with Gasteiger partial charge < -0.3 is 23.9 Å². The van der Waals surface area contributed by atoms with Crippen molar-refractivity contribution in [2.45, 2.75) is 194 Å². The van der Waals surface area contributed by atoms with Crippen molar-refractivity contribution >= 4 is 74.3 Å². The second-order valence-electron chi connectivity index (χ2n) is 32.4. The summed E-state index contributed by atoms with van der Waals surface area (Å²) in [7, 11) is 0. The lowest BCUT2D eigenvalue weighted by Gasteiger charge is -2.51. The number of furan rings is 1. The first kappa shape index (κ1) is 56.9. The molecule has 1 saturated carbocycles. The van der Waals surface area contributed by atoms with Crippen LogP contribution in [0.4, 0.5) is 39.8 Å². The van der Waals surface area contributed by atoms with Crippen LogP contribution in [0.3, 0.4) is 0 Å². The normalized spacial score (nSPS) is 21.2. The number of hydrogen-bond acceptors (Lipinski definition) is 5. The predicted octanol–water partition coefficient (Wildman–Crippen LogP) is 20.9. The molecule has 2 aliphatic carbocycles. The van der Waals surface area contributed by atoms with E-state index < -0.39 is 0 Å². The summed E-state index contributed by atoms with van der Waals surface area (Å²) in [4.78, 5) is 8.25. The fourth-order valence-corrected chi connectivity index (χ4v) is 16.2. The summed E-state index contributed by atoms with van der Waals surface area (Å²) in [6, 6.07) is 64.1. The van der Waals surface area contributed by atoms with Crippen molar-refractivity contribution in [1.82, 2.24) is 0 Å². The standard InChI is InChI=1S/C82H88BN3O2/c1-76(2,3)51-30-35-57-60(44-51)71-70(74-73(57)88-74)83-69-66(84(71)63-36-31-52(77(4,5)6)42-58(63)49-26-20-18-21-27-49)47-56(86-65-38-33-55(80(13,14)15)46-62(65)81(16)40-24-25-41-82(81,86)17)48-67(69)85(72-61-45-54(79(10,11)12)34-39-68(61)87-75(72)83)64-37-32-53(78(7,8)9)43-59(64)50-28-22-19-23-29-50/h18-23,26-39,42-48,73-74H,24-25,40-41H2,1-17H3. The minimum Gasteiger partial charge on any atom is -0.468 e. The molecule has 2 fully saturated rings. The first-order valence-electron chi connectivity index (χ1n) is 32.8. The molecule has 1 saturated heterocycles. The Morgan fingerprint density at radius 1 is 0.455 bits per heavy atom. The van der Waals surface area contributed by atoms with Gasteiger partial charge in [0.1, 0.15) is 17.8 Å². The second-order valence-corrected chi connectivity index (χ2v) is 32.4. The highest BCUT2D eigenvalue weighted by Crippen LogP contribution is 2.65. The molecule has 4 atom stereocenters. The van der Waals surface area contributed by atoms with Crippen molar-refractivity contribution in [3.05, 3.63) is 214 Å². The lowest BCUT2D eigenvalue weighted by atomic mass is 9.33. The smallest absolute Gasteiger partial charge is 0.295 e. The van der Waals surface area contributed by atoms with Crippen LogP contribution in [0.2, 0.25) is 0 Å². The summed E-state index contributed by atoms with van der Waals surface area (Å²) in [6.07, 6.45) is 4.34. The van der Waals surface area contributed by atoms with Crippen molar-refractivity contribution in [1.29, 1.82) is 0 Å². The number of benzene rings is 8. The quantitative estimate of drug-likeness (QED) is 0.127. The number of ether oxygens (including phenoxy) is 1. The molecule has 8 aromatic carbocycles. The van der Waals surface area contributed by atoms with Gasteiger partial charge in [-0.1, -0.05) is 227 Å². The second kappa shape index (κ2) is 19.0. The van der Waals surface area contributed by atoms with Crippen LogP contribution < -0.4 is 25.8 Å². The number of nitrogens with zero attached hydrogens (tertiary/aromatic N) is 3. The Bertz CT molecular complexity index is 4400. The molecule has 0 bridgehead atoms. The minimum atomic E-state index is -0.290. The van der Waals surface area contributed by atoms with E-state index in [0.29, 0.717) is 0 Å². The summed E-state index contributed by atoms with van der Waals surface area (Å²) >= 11 is 0. The summed E-state index contributed by atoms with van der Waals surface area (Å²) in [5, 5.41) is 1.13. The molecule has 5 nitrogen and oxygen atoms in total.